The van der Waals surface area contributed by atoms with Crippen molar-refractivity contribution in [2.24, 2.45) is 0 Å². The molecule has 0 amide bonds. The molecule has 0 N–H and O–H groups in total. The quantitative estimate of drug-likeness (QED) is 0.127. The van der Waals surface area contributed by atoms with Gasteiger partial charge in [-0.1, -0.05) is 55.3 Å². The molecule has 0 unspecified atom stereocenters. The average Bonchev–Trinajstić information content (AvgIpc) is 2.81. The highest BCUT2D eigenvalue weighted by molar-refractivity contribution is 6.91. The van der Waals surface area contributed by atoms with Gasteiger partial charge < -0.3 is 14.2 Å². The molecule has 31 heavy (non-hydrogen) atoms. The van der Waals surface area contributed by atoms with Gasteiger partial charge in [-0.15, -0.1) is 0 Å². The van der Waals surface area contributed by atoms with E-state index < -0.39 is 26.0 Å². The molecule has 0 radical (unpaired) electrons. The lowest BCUT2D eigenvalue weighted by Gasteiger charge is -2.33. The van der Waals surface area contributed by atoms with Crippen LogP contribution in [0.25, 0.3) is 0 Å². The monoisotopic (exact) mass is 444 g/mol. The van der Waals surface area contributed by atoms with E-state index >= 15 is 0 Å². The number of carbonyl (C=O) groups is 3. The van der Waals surface area contributed by atoms with Gasteiger partial charge in [-0.2, -0.15) is 0 Å². The standard InChI is InChI=1S/C24H32O6Si/c1-4-22(25)28-15-10-18-31(21-13-8-7-9-14-21,19-11-16-29-23(26)5-2)20-12-17-30-24(27)6-3/h4-9,13-14H,1-3,10-12,15-20H2. The minimum absolute atomic E-state index is 0.323. The Balaban J connectivity index is 2.91. The summed E-state index contributed by atoms with van der Waals surface area (Å²) in [5.41, 5.74) is 0. The van der Waals surface area contributed by atoms with E-state index in [9.17, 15) is 14.4 Å². The van der Waals surface area contributed by atoms with E-state index in [0.29, 0.717) is 19.8 Å². The van der Waals surface area contributed by atoms with Crippen LogP contribution in [0.3, 0.4) is 0 Å². The van der Waals surface area contributed by atoms with Crippen molar-refractivity contribution in [2.45, 2.75) is 37.4 Å². The molecule has 0 fully saturated rings. The predicted molar refractivity (Wildman–Crippen MR) is 124 cm³/mol. The molecule has 0 bridgehead atoms. The van der Waals surface area contributed by atoms with Crippen LogP contribution in [0.2, 0.25) is 18.1 Å². The minimum Gasteiger partial charge on any atom is -0.463 e. The number of ether oxygens (including phenoxy) is 3. The molecular formula is C24H32O6Si. The molecule has 0 saturated carbocycles. The van der Waals surface area contributed by atoms with Crippen LogP contribution in [0, 0.1) is 0 Å². The van der Waals surface area contributed by atoms with E-state index in [2.05, 4.69) is 31.9 Å². The molecule has 0 saturated heterocycles. The minimum atomic E-state index is -2.07. The summed E-state index contributed by atoms with van der Waals surface area (Å²) >= 11 is 0. The summed E-state index contributed by atoms with van der Waals surface area (Å²) in [6.07, 6.45) is 5.64. The fourth-order valence-electron chi connectivity index (χ4n) is 3.53. The Morgan fingerprint density at radius 2 is 1.03 bits per heavy atom. The molecule has 0 aliphatic carbocycles. The molecule has 0 aliphatic heterocycles. The summed E-state index contributed by atoms with van der Waals surface area (Å²) in [6.45, 7) is 11.2. The maximum absolute atomic E-state index is 11.4. The predicted octanol–water partition coefficient (Wildman–Crippen LogP) is 3.70. The average molecular weight is 445 g/mol. The molecule has 1 rings (SSSR count). The molecule has 1 aromatic rings. The number of benzene rings is 1. The second kappa shape index (κ2) is 15.0. The van der Waals surface area contributed by atoms with Crippen LogP contribution in [0.15, 0.2) is 68.3 Å². The second-order valence-corrected chi connectivity index (χ2v) is 11.7. The smallest absolute Gasteiger partial charge is 0.330 e. The SMILES string of the molecule is C=CC(=O)OCCC[Si](CCCOC(=O)C=C)(CCCOC(=O)C=C)c1ccccc1. The fraction of sp³-hybridized carbons (Fsp3) is 0.375. The van der Waals surface area contributed by atoms with Crippen LogP contribution >= 0.6 is 0 Å². The van der Waals surface area contributed by atoms with Crippen molar-refractivity contribution < 1.29 is 28.6 Å². The normalized spacial score (nSPS) is 10.6. The summed E-state index contributed by atoms with van der Waals surface area (Å²) in [6, 6.07) is 13.0. The third-order valence-electron chi connectivity index (χ3n) is 5.02. The highest BCUT2D eigenvalue weighted by Crippen LogP contribution is 2.27. The third-order valence-corrected chi connectivity index (χ3v) is 10.5. The Morgan fingerprint density at radius 3 is 1.35 bits per heavy atom. The molecule has 168 valence electrons. The van der Waals surface area contributed by atoms with Crippen LogP contribution < -0.4 is 5.19 Å². The molecule has 0 atom stereocenters. The van der Waals surface area contributed by atoms with Crippen molar-refractivity contribution in [3.63, 3.8) is 0 Å². The van der Waals surface area contributed by atoms with Gasteiger partial charge >= 0.3 is 17.9 Å². The Hall–Kier alpha value is -2.93. The van der Waals surface area contributed by atoms with Crippen molar-refractivity contribution in [1.82, 2.24) is 0 Å². The zero-order valence-corrected chi connectivity index (χ0v) is 19.1. The van der Waals surface area contributed by atoms with E-state index in [1.807, 2.05) is 18.2 Å². The largest absolute Gasteiger partial charge is 0.463 e. The Labute approximate surface area is 185 Å². The van der Waals surface area contributed by atoms with E-state index in [-0.39, 0.29) is 0 Å². The van der Waals surface area contributed by atoms with E-state index in [1.165, 1.54) is 5.19 Å². The van der Waals surface area contributed by atoms with E-state index in [1.54, 1.807) is 0 Å². The van der Waals surface area contributed by atoms with Crippen LogP contribution in [0.5, 0.6) is 0 Å². The van der Waals surface area contributed by atoms with Gasteiger partial charge in [0.25, 0.3) is 0 Å². The summed E-state index contributed by atoms with van der Waals surface area (Å²) in [5.74, 6) is -1.29. The Morgan fingerprint density at radius 1 is 0.677 bits per heavy atom. The lowest BCUT2D eigenvalue weighted by molar-refractivity contribution is -0.138. The van der Waals surface area contributed by atoms with Crippen molar-refractivity contribution in [3.8, 4) is 0 Å². The van der Waals surface area contributed by atoms with Crippen molar-refractivity contribution in [1.29, 1.82) is 0 Å². The molecular weight excluding hydrogens is 412 g/mol. The summed E-state index contributed by atoms with van der Waals surface area (Å²) in [5, 5.41) is 1.29. The summed E-state index contributed by atoms with van der Waals surface area (Å²) < 4.78 is 15.5. The Bertz CT molecular complexity index is 674. The van der Waals surface area contributed by atoms with E-state index in [0.717, 1.165) is 55.6 Å². The van der Waals surface area contributed by atoms with Crippen LogP contribution in [0.4, 0.5) is 0 Å². The lowest BCUT2D eigenvalue weighted by Crippen LogP contribution is -2.48. The first-order chi connectivity index (χ1) is 15.0. The van der Waals surface area contributed by atoms with Crippen LogP contribution in [0.1, 0.15) is 19.3 Å². The van der Waals surface area contributed by atoms with Gasteiger partial charge in [0, 0.05) is 18.2 Å². The maximum Gasteiger partial charge on any atom is 0.330 e. The first-order valence-electron chi connectivity index (χ1n) is 10.4. The van der Waals surface area contributed by atoms with Gasteiger partial charge in [-0.05, 0) is 37.4 Å². The lowest BCUT2D eigenvalue weighted by atomic mass is 10.4. The van der Waals surface area contributed by atoms with Gasteiger partial charge in [0.1, 0.15) is 0 Å². The van der Waals surface area contributed by atoms with Crippen molar-refractivity contribution >= 4 is 31.2 Å². The van der Waals surface area contributed by atoms with Gasteiger partial charge in [0.05, 0.1) is 27.9 Å². The van der Waals surface area contributed by atoms with Crippen molar-refractivity contribution in [2.75, 3.05) is 19.8 Å². The first kappa shape index (κ1) is 26.1. The number of rotatable bonds is 16. The maximum atomic E-state index is 11.4. The Kier molecular flexibility index (Phi) is 12.6. The van der Waals surface area contributed by atoms with Gasteiger partial charge in [0.15, 0.2) is 0 Å². The number of hydrogen-bond donors (Lipinski definition) is 0. The fourth-order valence-corrected chi connectivity index (χ4v) is 8.51. The van der Waals surface area contributed by atoms with Crippen LogP contribution in [-0.2, 0) is 28.6 Å². The number of hydrogen-bond acceptors (Lipinski definition) is 6. The second-order valence-electron chi connectivity index (χ2n) is 7.07. The van der Waals surface area contributed by atoms with Gasteiger partial charge in [-0.3, -0.25) is 0 Å². The molecule has 0 heterocycles. The van der Waals surface area contributed by atoms with Gasteiger partial charge in [-0.25, -0.2) is 14.4 Å². The van der Waals surface area contributed by atoms with E-state index in [4.69, 9.17) is 14.2 Å². The summed E-state index contributed by atoms with van der Waals surface area (Å²) in [4.78, 5) is 34.1. The number of carbonyl (C=O) groups excluding carboxylic acids is 3. The van der Waals surface area contributed by atoms with Crippen molar-refractivity contribution in [3.05, 3.63) is 68.3 Å². The first-order valence-corrected chi connectivity index (χ1v) is 13.0. The van der Waals surface area contributed by atoms with Gasteiger partial charge in [0.2, 0.25) is 0 Å². The number of esters is 3. The molecule has 0 aromatic heterocycles. The highest BCUT2D eigenvalue weighted by atomic mass is 28.3. The third kappa shape index (κ3) is 10.1. The molecule has 1 aromatic carbocycles. The zero-order valence-electron chi connectivity index (χ0n) is 18.1. The molecule has 6 nitrogen and oxygen atoms in total. The molecule has 0 spiro atoms. The topological polar surface area (TPSA) is 78.9 Å². The molecule has 7 heteroatoms. The molecule has 0 aliphatic rings. The summed E-state index contributed by atoms with van der Waals surface area (Å²) in [7, 11) is -2.07. The zero-order chi connectivity index (χ0) is 23.0. The van der Waals surface area contributed by atoms with Crippen LogP contribution in [-0.4, -0.2) is 45.8 Å². The highest BCUT2D eigenvalue weighted by Gasteiger charge is 2.33.